The Morgan fingerprint density at radius 2 is 1.81 bits per heavy atom. The molecule has 1 saturated heterocycles. The number of nitrogens with one attached hydrogen (secondary N) is 1. The van der Waals surface area contributed by atoms with Gasteiger partial charge in [-0.2, -0.15) is 0 Å². The third kappa shape index (κ3) is 2.96. The van der Waals surface area contributed by atoms with Crippen molar-refractivity contribution in [2.45, 2.75) is 32.9 Å². The highest BCUT2D eigenvalue weighted by molar-refractivity contribution is 5.56. The van der Waals surface area contributed by atoms with Crippen molar-refractivity contribution < 1.29 is 0 Å². The molecule has 1 heterocycles. The highest BCUT2D eigenvalue weighted by Gasteiger charge is 2.26. The lowest BCUT2D eigenvalue weighted by Gasteiger charge is -2.41. The van der Waals surface area contributed by atoms with Gasteiger partial charge in [-0.3, -0.25) is 0 Å². The van der Waals surface area contributed by atoms with Gasteiger partial charge in [0.2, 0.25) is 0 Å². The van der Waals surface area contributed by atoms with Crippen LogP contribution in [-0.4, -0.2) is 19.1 Å². The summed E-state index contributed by atoms with van der Waals surface area (Å²) in [5, 5.41) is 3.67. The molecule has 21 heavy (non-hydrogen) atoms. The van der Waals surface area contributed by atoms with Crippen LogP contribution < -0.4 is 10.2 Å². The molecule has 1 fully saturated rings. The standard InChI is InChI=1S/C19H24N2/c1-14-9-10-19(15(2)11-14)21-13-18(20-12-16(21)3)17-7-5-4-6-8-17/h4-11,16,18,20H,12-13H2,1-3H3. The molecule has 2 nitrogen and oxygen atoms in total. The summed E-state index contributed by atoms with van der Waals surface area (Å²) in [6.07, 6.45) is 0. The van der Waals surface area contributed by atoms with Crippen LogP contribution in [0, 0.1) is 13.8 Å². The zero-order valence-corrected chi connectivity index (χ0v) is 13.1. The van der Waals surface area contributed by atoms with Crippen molar-refractivity contribution in [3.63, 3.8) is 0 Å². The van der Waals surface area contributed by atoms with Gasteiger partial charge >= 0.3 is 0 Å². The molecule has 110 valence electrons. The summed E-state index contributed by atoms with van der Waals surface area (Å²) >= 11 is 0. The molecular formula is C19H24N2. The first kappa shape index (κ1) is 14.2. The van der Waals surface area contributed by atoms with Gasteiger partial charge in [0.25, 0.3) is 0 Å². The van der Waals surface area contributed by atoms with Crippen molar-refractivity contribution in [1.82, 2.24) is 5.32 Å². The average Bonchev–Trinajstić information content (AvgIpc) is 2.49. The van der Waals surface area contributed by atoms with E-state index < -0.39 is 0 Å². The molecule has 1 aliphatic rings. The zero-order valence-electron chi connectivity index (χ0n) is 13.1. The third-order valence-electron chi connectivity index (χ3n) is 4.43. The normalized spacial score (nSPS) is 22.3. The van der Waals surface area contributed by atoms with E-state index in [2.05, 4.69) is 79.5 Å². The number of nitrogens with zero attached hydrogens (tertiary/aromatic N) is 1. The first-order valence-corrected chi connectivity index (χ1v) is 7.77. The molecule has 0 amide bonds. The van der Waals surface area contributed by atoms with Gasteiger partial charge in [-0.1, -0.05) is 48.0 Å². The summed E-state index contributed by atoms with van der Waals surface area (Å²) in [5.74, 6) is 0. The van der Waals surface area contributed by atoms with Crippen molar-refractivity contribution in [2.75, 3.05) is 18.0 Å². The quantitative estimate of drug-likeness (QED) is 0.899. The SMILES string of the molecule is Cc1ccc(N2CC(c3ccccc3)NCC2C)c(C)c1. The minimum atomic E-state index is 0.406. The Morgan fingerprint density at radius 3 is 2.52 bits per heavy atom. The number of benzene rings is 2. The molecule has 0 spiro atoms. The van der Waals surface area contributed by atoms with Crippen LogP contribution in [-0.2, 0) is 0 Å². The van der Waals surface area contributed by atoms with E-state index in [0.717, 1.165) is 13.1 Å². The largest absolute Gasteiger partial charge is 0.365 e. The summed E-state index contributed by atoms with van der Waals surface area (Å²) in [5.41, 5.74) is 5.45. The molecule has 2 aromatic carbocycles. The molecule has 0 aromatic heterocycles. The Bertz CT molecular complexity index is 606. The Hall–Kier alpha value is -1.80. The number of anilines is 1. The van der Waals surface area contributed by atoms with E-state index in [0.29, 0.717) is 12.1 Å². The topological polar surface area (TPSA) is 15.3 Å². The number of hydrogen-bond donors (Lipinski definition) is 1. The minimum Gasteiger partial charge on any atom is -0.365 e. The van der Waals surface area contributed by atoms with Crippen LogP contribution in [0.5, 0.6) is 0 Å². The van der Waals surface area contributed by atoms with Gasteiger partial charge in [0, 0.05) is 30.9 Å². The lowest BCUT2D eigenvalue weighted by Crippen LogP contribution is -2.51. The summed E-state index contributed by atoms with van der Waals surface area (Å²) in [7, 11) is 0. The van der Waals surface area contributed by atoms with Crippen LogP contribution in [0.25, 0.3) is 0 Å². The Balaban J connectivity index is 1.87. The summed E-state index contributed by atoms with van der Waals surface area (Å²) in [6.45, 7) is 8.72. The van der Waals surface area contributed by atoms with E-state index in [9.17, 15) is 0 Å². The summed E-state index contributed by atoms with van der Waals surface area (Å²) in [4.78, 5) is 2.54. The van der Waals surface area contributed by atoms with E-state index in [4.69, 9.17) is 0 Å². The molecule has 0 radical (unpaired) electrons. The van der Waals surface area contributed by atoms with Crippen molar-refractivity contribution in [3.8, 4) is 0 Å². The lowest BCUT2D eigenvalue weighted by molar-refractivity contribution is 0.414. The smallest absolute Gasteiger partial charge is 0.0499 e. The summed E-state index contributed by atoms with van der Waals surface area (Å²) < 4.78 is 0. The molecule has 2 unspecified atom stereocenters. The minimum absolute atomic E-state index is 0.406. The molecule has 2 aromatic rings. The van der Waals surface area contributed by atoms with Crippen LogP contribution in [0.15, 0.2) is 48.5 Å². The van der Waals surface area contributed by atoms with E-state index in [-0.39, 0.29) is 0 Å². The second-order valence-electron chi connectivity index (χ2n) is 6.16. The van der Waals surface area contributed by atoms with Gasteiger partial charge in [0.1, 0.15) is 0 Å². The molecule has 0 aliphatic carbocycles. The Kier molecular flexibility index (Phi) is 3.98. The molecule has 0 bridgehead atoms. The van der Waals surface area contributed by atoms with Gasteiger partial charge in [-0.05, 0) is 38.0 Å². The fourth-order valence-corrected chi connectivity index (χ4v) is 3.24. The first-order valence-electron chi connectivity index (χ1n) is 7.77. The highest BCUT2D eigenvalue weighted by Crippen LogP contribution is 2.28. The maximum absolute atomic E-state index is 3.67. The van der Waals surface area contributed by atoms with Crippen molar-refractivity contribution in [1.29, 1.82) is 0 Å². The molecule has 1 aliphatic heterocycles. The van der Waals surface area contributed by atoms with E-state index >= 15 is 0 Å². The van der Waals surface area contributed by atoms with Crippen LogP contribution in [0.4, 0.5) is 5.69 Å². The molecule has 2 heteroatoms. The van der Waals surface area contributed by atoms with Crippen LogP contribution >= 0.6 is 0 Å². The lowest BCUT2D eigenvalue weighted by atomic mass is 10.00. The maximum atomic E-state index is 3.67. The highest BCUT2D eigenvalue weighted by atomic mass is 15.2. The van der Waals surface area contributed by atoms with E-state index in [1.54, 1.807) is 0 Å². The van der Waals surface area contributed by atoms with Crippen molar-refractivity contribution in [2.24, 2.45) is 0 Å². The predicted octanol–water partition coefficient (Wildman–Crippen LogP) is 3.84. The summed E-state index contributed by atoms with van der Waals surface area (Å²) in [6, 6.07) is 18.4. The van der Waals surface area contributed by atoms with Gasteiger partial charge < -0.3 is 10.2 Å². The van der Waals surface area contributed by atoms with Gasteiger partial charge in [-0.15, -0.1) is 0 Å². The van der Waals surface area contributed by atoms with E-state index in [1.165, 1.54) is 22.4 Å². The molecule has 1 N–H and O–H groups in total. The van der Waals surface area contributed by atoms with Crippen LogP contribution in [0.2, 0.25) is 0 Å². The predicted molar refractivity (Wildman–Crippen MR) is 89.9 cm³/mol. The first-order chi connectivity index (χ1) is 10.1. The molecule has 0 saturated carbocycles. The maximum Gasteiger partial charge on any atom is 0.0499 e. The molecule has 2 atom stereocenters. The van der Waals surface area contributed by atoms with Gasteiger partial charge in [0.15, 0.2) is 0 Å². The van der Waals surface area contributed by atoms with E-state index in [1.807, 2.05) is 0 Å². The zero-order chi connectivity index (χ0) is 14.8. The molecule has 3 rings (SSSR count). The van der Waals surface area contributed by atoms with Crippen LogP contribution in [0.1, 0.15) is 29.7 Å². The van der Waals surface area contributed by atoms with Gasteiger partial charge in [0.05, 0.1) is 0 Å². The fraction of sp³-hybridized carbons (Fsp3) is 0.368. The second kappa shape index (κ2) is 5.90. The van der Waals surface area contributed by atoms with Crippen molar-refractivity contribution >= 4 is 5.69 Å². The third-order valence-corrected chi connectivity index (χ3v) is 4.43. The fourth-order valence-electron chi connectivity index (χ4n) is 3.24. The Morgan fingerprint density at radius 1 is 1.05 bits per heavy atom. The van der Waals surface area contributed by atoms with Crippen molar-refractivity contribution in [3.05, 3.63) is 65.2 Å². The molecular weight excluding hydrogens is 256 g/mol. The van der Waals surface area contributed by atoms with Gasteiger partial charge in [-0.25, -0.2) is 0 Å². The van der Waals surface area contributed by atoms with Crippen LogP contribution in [0.3, 0.4) is 0 Å². The Labute approximate surface area is 127 Å². The number of aryl methyl sites for hydroxylation is 2. The second-order valence-corrected chi connectivity index (χ2v) is 6.16. The number of hydrogen-bond acceptors (Lipinski definition) is 2. The average molecular weight is 280 g/mol. The monoisotopic (exact) mass is 280 g/mol. The number of rotatable bonds is 2. The number of piperazine rings is 1.